The Kier molecular flexibility index (Phi) is 6.11. The molecule has 0 aliphatic carbocycles. The molecule has 0 heterocycles. The van der Waals surface area contributed by atoms with Crippen molar-refractivity contribution in [1.29, 1.82) is 0 Å². The van der Waals surface area contributed by atoms with Crippen LogP contribution in [0.3, 0.4) is 0 Å². The number of hydrogen-bond donors (Lipinski definition) is 2. The molecule has 2 N–H and O–H groups in total. The zero-order chi connectivity index (χ0) is 15.3. The summed E-state index contributed by atoms with van der Waals surface area (Å²) in [5.41, 5.74) is -0.741. The number of halogens is 3. The van der Waals surface area contributed by atoms with Crippen LogP contribution in [0.4, 0.5) is 18.0 Å². The van der Waals surface area contributed by atoms with Gasteiger partial charge in [-0.15, -0.1) is 0 Å². The number of carboxylic acids is 1. The molecule has 0 saturated heterocycles. The van der Waals surface area contributed by atoms with Gasteiger partial charge in [0, 0.05) is 6.54 Å². The molecule has 1 atom stereocenters. The van der Waals surface area contributed by atoms with Gasteiger partial charge in [0.15, 0.2) is 0 Å². The highest BCUT2D eigenvalue weighted by atomic mass is 19.4. The second-order valence-electron chi connectivity index (χ2n) is 5.05. The zero-order valence-corrected chi connectivity index (χ0v) is 11.0. The SMILES string of the molecule is CC(C)(C)OC(=O)NCCC(CC(=O)O)C(F)(F)F. The van der Waals surface area contributed by atoms with Crippen LogP contribution < -0.4 is 5.32 Å². The molecule has 0 radical (unpaired) electrons. The van der Waals surface area contributed by atoms with Gasteiger partial charge in [0.2, 0.25) is 0 Å². The van der Waals surface area contributed by atoms with Crippen LogP contribution in [0.2, 0.25) is 0 Å². The predicted octanol–water partition coefficient (Wildman–Crippen LogP) is 2.55. The van der Waals surface area contributed by atoms with Gasteiger partial charge in [-0.1, -0.05) is 0 Å². The Morgan fingerprint density at radius 2 is 1.79 bits per heavy atom. The third kappa shape index (κ3) is 9.15. The number of aliphatic carboxylic acids is 1. The van der Waals surface area contributed by atoms with E-state index in [9.17, 15) is 22.8 Å². The average Bonchev–Trinajstić information content (AvgIpc) is 2.10. The maximum atomic E-state index is 12.5. The Morgan fingerprint density at radius 1 is 1.26 bits per heavy atom. The summed E-state index contributed by atoms with van der Waals surface area (Å²) in [7, 11) is 0. The second-order valence-corrected chi connectivity index (χ2v) is 5.05. The van der Waals surface area contributed by atoms with E-state index in [-0.39, 0.29) is 6.54 Å². The summed E-state index contributed by atoms with van der Waals surface area (Å²) in [4.78, 5) is 21.5. The van der Waals surface area contributed by atoms with Gasteiger partial charge in [-0.05, 0) is 27.2 Å². The van der Waals surface area contributed by atoms with E-state index in [0.29, 0.717) is 0 Å². The Balaban J connectivity index is 4.20. The monoisotopic (exact) mass is 285 g/mol. The molecule has 0 aromatic heterocycles. The van der Waals surface area contributed by atoms with Crippen LogP contribution in [0.25, 0.3) is 0 Å². The lowest BCUT2D eigenvalue weighted by atomic mass is 10.0. The van der Waals surface area contributed by atoms with Crippen LogP contribution in [0.1, 0.15) is 33.6 Å². The van der Waals surface area contributed by atoms with E-state index in [2.05, 4.69) is 5.32 Å². The normalized spacial score (nSPS) is 13.8. The number of hydrogen-bond acceptors (Lipinski definition) is 3. The largest absolute Gasteiger partial charge is 0.481 e. The molecule has 0 aliphatic rings. The van der Waals surface area contributed by atoms with Crippen molar-refractivity contribution in [3.63, 3.8) is 0 Å². The first-order valence-corrected chi connectivity index (χ1v) is 5.67. The van der Waals surface area contributed by atoms with E-state index in [4.69, 9.17) is 9.84 Å². The average molecular weight is 285 g/mol. The van der Waals surface area contributed by atoms with Crippen LogP contribution in [-0.4, -0.2) is 35.5 Å². The number of rotatable bonds is 5. The second kappa shape index (κ2) is 6.63. The minimum atomic E-state index is -4.60. The van der Waals surface area contributed by atoms with E-state index >= 15 is 0 Å². The Bertz CT molecular complexity index is 323. The maximum absolute atomic E-state index is 12.5. The van der Waals surface area contributed by atoms with E-state index in [1.807, 2.05) is 0 Å². The van der Waals surface area contributed by atoms with E-state index < -0.39 is 42.6 Å². The van der Waals surface area contributed by atoms with Crippen molar-refractivity contribution in [3.8, 4) is 0 Å². The number of amides is 1. The number of ether oxygens (including phenoxy) is 1. The van der Waals surface area contributed by atoms with Crippen molar-refractivity contribution >= 4 is 12.1 Å². The highest BCUT2D eigenvalue weighted by Crippen LogP contribution is 2.31. The van der Waals surface area contributed by atoms with Crippen LogP contribution >= 0.6 is 0 Å². The molecule has 19 heavy (non-hydrogen) atoms. The molecule has 0 aromatic carbocycles. The molecule has 0 spiro atoms. The van der Waals surface area contributed by atoms with Crippen molar-refractivity contribution in [3.05, 3.63) is 0 Å². The van der Waals surface area contributed by atoms with Crippen molar-refractivity contribution in [2.24, 2.45) is 5.92 Å². The fourth-order valence-electron chi connectivity index (χ4n) is 1.25. The lowest BCUT2D eigenvalue weighted by Gasteiger charge is -2.21. The minimum absolute atomic E-state index is 0.299. The van der Waals surface area contributed by atoms with Crippen LogP contribution in [0.5, 0.6) is 0 Å². The summed E-state index contributed by atoms with van der Waals surface area (Å²) < 4.78 is 42.2. The molecule has 1 amide bonds. The quantitative estimate of drug-likeness (QED) is 0.814. The molecule has 0 bridgehead atoms. The number of carbonyl (C=O) groups excluding carboxylic acids is 1. The smallest absolute Gasteiger partial charge is 0.407 e. The van der Waals surface area contributed by atoms with Crippen LogP contribution in [0, 0.1) is 5.92 Å². The zero-order valence-electron chi connectivity index (χ0n) is 11.0. The lowest BCUT2D eigenvalue weighted by molar-refractivity contribution is -0.184. The summed E-state index contributed by atoms with van der Waals surface area (Å²) in [6, 6.07) is 0. The van der Waals surface area contributed by atoms with Gasteiger partial charge < -0.3 is 15.2 Å². The number of alkyl halides is 3. The first-order valence-electron chi connectivity index (χ1n) is 5.67. The number of nitrogens with one attached hydrogen (secondary N) is 1. The van der Waals surface area contributed by atoms with E-state index in [1.54, 1.807) is 20.8 Å². The predicted molar refractivity (Wildman–Crippen MR) is 60.7 cm³/mol. The Hall–Kier alpha value is -1.47. The first kappa shape index (κ1) is 17.5. The molecule has 0 aromatic rings. The number of alkyl carbamates (subject to hydrolysis) is 1. The van der Waals surface area contributed by atoms with Gasteiger partial charge in [-0.25, -0.2) is 4.79 Å². The molecule has 5 nitrogen and oxygen atoms in total. The molecule has 0 rings (SSSR count). The summed E-state index contributed by atoms with van der Waals surface area (Å²) in [5.74, 6) is -3.51. The molecular weight excluding hydrogens is 267 g/mol. The highest BCUT2D eigenvalue weighted by Gasteiger charge is 2.40. The van der Waals surface area contributed by atoms with Crippen molar-refractivity contribution in [2.75, 3.05) is 6.54 Å². The Morgan fingerprint density at radius 3 is 2.16 bits per heavy atom. The molecule has 0 aliphatic heterocycles. The fourth-order valence-corrected chi connectivity index (χ4v) is 1.25. The Labute approximate surface area is 109 Å². The summed E-state index contributed by atoms with van der Waals surface area (Å²) in [6.07, 6.45) is -6.95. The third-order valence-electron chi connectivity index (χ3n) is 2.04. The summed E-state index contributed by atoms with van der Waals surface area (Å²) in [6.45, 7) is 4.56. The highest BCUT2D eigenvalue weighted by molar-refractivity contribution is 5.68. The molecule has 1 unspecified atom stereocenters. The fraction of sp³-hybridized carbons (Fsp3) is 0.818. The van der Waals surface area contributed by atoms with Crippen LogP contribution in [0.15, 0.2) is 0 Å². The first-order chi connectivity index (χ1) is 8.42. The van der Waals surface area contributed by atoms with Crippen LogP contribution in [-0.2, 0) is 9.53 Å². The lowest BCUT2D eigenvalue weighted by Crippen LogP contribution is -2.35. The van der Waals surface area contributed by atoms with Gasteiger partial charge >= 0.3 is 18.2 Å². The standard InChI is InChI=1S/C11H18F3NO4/c1-10(2,3)19-9(18)15-5-4-7(6-8(16)17)11(12,13)14/h7H,4-6H2,1-3H3,(H,15,18)(H,16,17). The minimum Gasteiger partial charge on any atom is -0.481 e. The van der Waals surface area contributed by atoms with Crippen molar-refractivity contribution in [2.45, 2.75) is 45.4 Å². The summed E-state index contributed by atoms with van der Waals surface area (Å²) >= 11 is 0. The maximum Gasteiger partial charge on any atom is 0.407 e. The van der Waals surface area contributed by atoms with Gasteiger partial charge in [0.05, 0.1) is 12.3 Å². The molecule has 8 heteroatoms. The summed E-state index contributed by atoms with van der Waals surface area (Å²) in [5, 5.41) is 10.6. The van der Waals surface area contributed by atoms with Crippen molar-refractivity contribution in [1.82, 2.24) is 5.32 Å². The topological polar surface area (TPSA) is 75.6 Å². The van der Waals surface area contributed by atoms with Gasteiger partial charge in [0.25, 0.3) is 0 Å². The van der Waals surface area contributed by atoms with Crippen molar-refractivity contribution < 1.29 is 32.6 Å². The molecule has 0 fully saturated rings. The molecule has 0 saturated carbocycles. The number of carbonyl (C=O) groups is 2. The molecular formula is C11H18F3NO4. The van der Waals surface area contributed by atoms with Gasteiger partial charge in [-0.3, -0.25) is 4.79 Å². The third-order valence-corrected chi connectivity index (χ3v) is 2.04. The van der Waals surface area contributed by atoms with Gasteiger partial charge in [0.1, 0.15) is 5.60 Å². The van der Waals surface area contributed by atoms with Gasteiger partial charge in [-0.2, -0.15) is 13.2 Å². The van der Waals surface area contributed by atoms with E-state index in [1.165, 1.54) is 0 Å². The van der Waals surface area contributed by atoms with E-state index in [0.717, 1.165) is 0 Å². The molecule has 112 valence electrons. The number of carboxylic acid groups (broad SMARTS) is 1.